The average Bonchev–Trinajstić information content (AvgIpc) is 2.08. The van der Waals surface area contributed by atoms with Crippen molar-refractivity contribution in [1.29, 1.82) is 0 Å². The van der Waals surface area contributed by atoms with Gasteiger partial charge in [-0.3, -0.25) is 0 Å². The van der Waals surface area contributed by atoms with Crippen molar-refractivity contribution in [2.24, 2.45) is 16.8 Å². The fourth-order valence-electron chi connectivity index (χ4n) is 1.11. The highest BCUT2D eigenvalue weighted by Gasteiger charge is 2.27. The summed E-state index contributed by atoms with van der Waals surface area (Å²) in [7, 11) is -7.73. The molecule has 0 aliphatic carbocycles. The lowest BCUT2D eigenvalue weighted by molar-refractivity contribution is 0.313. The van der Waals surface area contributed by atoms with Crippen LogP contribution in [-0.4, -0.2) is 45.3 Å². The summed E-state index contributed by atoms with van der Waals surface area (Å²) >= 11 is 0. The first kappa shape index (κ1) is 16.1. The van der Waals surface area contributed by atoms with Gasteiger partial charge >= 0.3 is 0 Å². The lowest BCUT2D eigenvalue weighted by atomic mass is 10.1. The second-order valence-electron chi connectivity index (χ2n) is 4.02. The molecule has 0 radical (unpaired) electrons. The van der Waals surface area contributed by atoms with Gasteiger partial charge in [-0.1, -0.05) is 19.0 Å². The number of sulfonamides is 1. The molecule has 0 saturated carbocycles. The molecule has 1 unspecified atom stereocenters. The lowest BCUT2D eigenvalue weighted by Gasteiger charge is -2.20. The number of hydrogen-bond acceptors (Lipinski definition) is 6. The first-order valence-corrected chi connectivity index (χ1v) is 8.35. The number of hydrogen-bond donors (Lipinski definition) is 3. The van der Waals surface area contributed by atoms with Gasteiger partial charge in [-0.05, 0) is 5.92 Å². The molecule has 0 aliphatic rings. The number of oxime groups is 1. The van der Waals surface area contributed by atoms with Gasteiger partial charge in [0.2, 0.25) is 10.0 Å². The van der Waals surface area contributed by atoms with E-state index < -0.39 is 31.0 Å². The van der Waals surface area contributed by atoms with Crippen molar-refractivity contribution in [3.05, 3.63) is 0 Å². The van der Waals surface area contributed by atoms with E-state index in [0.717, 1.165) is 6.26 Å². The van der Waals surface area contributed by atoms with Crippen LogP contribution in [0.4, 0.5) is 0 Å². The van der Waals surface area contributed by atoms with Crippen LogP contribution in [0.2, 0.25) is 0 Å². The van der Waals surface area contributed by atoms with Gasteiger partial charge in [-0.25, -0.2) is 21.6 Å². The Morgan fingerprint density at radius 3 is 2.12 bits per heavy atom. The maximum Gasteiger partial charge on any atom is 0.226 e. The van der Waals surface area contributed by atoms with Crippen molar-refractivity contribution < 1.29 is 22.0 Å². The zero-order valence-electron chi connectivity index (χ0n) is 9.78. The molecule has 1 atom stereocenters. The first-order valence-electron chi connectivity index (χ1n) is 4.63. The van der Waals surface area contributed by atoms with Gasteiger partial charge in [0.1, 0.15) is 0 Å². The molecule has 0 aromatic carbocycles. The van der Waals surface area contributed by atoms with E-state index in [0.29, 0.717) is 0 Å². The third-order valence-electron chi connectivity index (χ3n) is 1.78. The summed E-state index contributed by atoms with van der Waals surface area (Å²) < 4.78 is 46.9. The quantitative estimate of drug-likeness (QED) is 0.239. The van der Waals surface area contributed by atoms with Crippen LogP contribution in [0.5, 0.6) is 0 Å². The molecular formula is C7H17N3O5S2. The molecule has 0 aromatic heterocycles. The summed E-state index contributed by atoms with van der Waals surface area (Å²) in [6.07, 6.45) is 0.806. The Kier molecular flexibility index (Phi) is 5.36. The topological polar surface area (TPSA) is 139 Å². The van der Waals surface area contributed by atoms with Gasteiger partial charge in [-0.15, -0.1) is 0 Å². The molecule has 4 N–H and O–H groups in total. The molecule has 0 heterocycles. The monoisotopic (exact) mass is 287 g/mol. The van der Waals surface area contributed by atoms with Crippen molar-refractivity contribution in [3.8, 4) is 0 Å². The minimum Gasteiger partial charge on any atom is -0.409 e. The van der Waals surface area contributed by atoms with E-state index in [9.17, 15) is 16.8 Å². The highest BCUT2D eigenvalue weighted by molar-refractivity contribution is 8.06. The number of nitrogens with zero attached hydrogens (tertiary/aromatic N) is 1. The zero-order chi connectivity index (χ0) is 13.9. The van der Waals surface area contributed by atoms with Crippen LogP contribution < -0.4 is 10.5 Å². The maximum atomic E-state index is 11.5. The molecule has 0 bridgehead atoms. The van der Waals surface area contributed by atoms with Crippen LogP contribution in [0.15, 0.2) is 5.16 Å². The number of nitrogens with two attached hydrogens (primary N) is 1. The second-order valence-corrected chi connectivity index (χ2v) is 8.28. The van der Waals surface area contributed by atoms with Crippen molar-refractivity contribution in [1.82, 2.24) is 4.72 Å². The van der Waals surface area contributed by atoms with E-state index >= 15 is 0 Å². The Bertz CT molecular complexity index is 480. The molecule has 0 amide bonds. The molecule has 8 nitrogen and oxygen atoms in total. The SMILES string of the molecule is CC(C)C(NS(=O)(=O)CS(C)(=O)=O)C(N)=NO. The third kappa shape index (κ3) is 6.44. The first-order chi connectivity index (χ1) is 7.48. The van der Waals surface area contributed by atoms with Crippen LogP contribution in [0.1, 0.15) is 13.8 Å². The van der Waals surface area contributed by atoms with E-state index in [2.05, 4.69) is 9.88 Å². The summed E-state index contributed by atoms with van der Waals surface area (Å²) in [5, 5.41) is 10.2. The Labute approximate surface area is 101 Å². The molecule has 0 fully saturated rings. The standard InChI is InChI=1S/C7H17N3O5S2/c1-5(2)6(7(8)9-11)10-17(14,15)4-16(3,12)13/h5-6,10-11H,4H2,1-3H3,(H2,8,9). The summed E-state index contributed by atoms with van der Waals surface area (Å²) in [5.74, 6) is -0.614. The second kappa shape index (κ2) is 5.65. The molecule has 102 valence electrons. The van der Waals surface area contributed by atoms with Crippen LogP contribution >= 0.6 is 0 Å². The molecular weight excluding hydrogens is 270 g/mol. The maximum absolute atomic E-state index is 11.5. The van der Waals surface area contributed by atoms with Crippen molar-refractivity contribution in [3.63, 3.8) is 0 Å². The Morgan fingerprint density at radius 1 is 1.35 bits per heavy atom. The van der Waals surface area contributed by atoms with Crippen molar-refractivity contribution in [2.45, 2.75) is 19.9 Å². The van der Waals surface area contributed by atoms with Gasteiger partial charge < -0.3 is 10.9 Å². The zero-order valence-corrected chi connectivity index (χ0v) is 11.4. The smallest absolute Gasteiger partial charge is 0.226 e. The van der Waals surface area contributed by atoms with Gasteiger partial charge in [-0.2, -0.15) is 0 Å². The van der Waals surface area contributed by atoms with Crippen LogP contribution in [-0.2, 0) is 19.9 Å². The van der Waals surface area contributed by atoms with E-state index in [1.165, 1.54) is 0 Å². The number of amidine groups is 1. The third-order valence-corrected chi connectivity index (χ3v) is 5.34. The summed E-state index contributed by atoms with van der Waals surface area (Å²) in [6.45, 7) is 3.29. The minimum absolute atomic E-state index is 0.291. The van der Waals surface area contributed by atoms with E-state index in [1.54, 1.807) is 13.8 Å². The van der Waals surface area contributed by atoms with Crippen molar-refractivity contribution >= 4 is 25.7 Å². The van der Waals surface area contributed by atoms with E-state index in [1.807, 2.05) is 0 Å². The van der Waals surface area contributed by atoms with Gasteiger partial charge in [0, 0.05) is 6.26 Å². The molecule has 0 saturated heterocycles. The number of rotatable bonds is 6. The van der Waals surface area contributed by atoms with E-state index in [4.69, 9.17) is 10.9 Å². The summed E-state index contributed by atoms with van der Waals surface area (Å²) in [6, 6.07) is -0.952. The van der Waals surface area contributed by atoms with Gasteiger partial charge in [0.05, 0.1) is 6.04 Å². The summed E-state index contributed by atoms with van der Waals surface area (Å²) in [4.78, 5) is 0. The van der Waals surface area contributed by atoms with Crippen LogP contribution in [0, 0.1) is 5.92 Å². The normalized spacial score (nSPS) is 16.1. The molecule has 0 spiro atoms. The summed E-state index contributed by atoms with van der Waals surface area (Å²) in [5.41, 5.74) is 5.31. The molecule has 0 aliphatic heterocycles. The van der Waals surface area contributed by atoms with Crippen molar-refractivity contribution in [2.75, 3.05) is 11.3 Å². The predicted octanol–water partition coefficient (Wildman–Crippen LogP) is -1.32. The Hall–Kier alpha value is -0.870. The molecule has 10 heteroatoms. The average molecular weight is 287 g/mol. The molecule has 0 rings (SSSR count). The minimum atomic E-state index is -4.05. The largest absolute Gasteiger partial charge is 0.409 e. The highest BCUT2D eigenvalue weighted by atomic mass is 32.3. The molecule has 0 aromatic rings. The molecule has 17 heavy (non-hydrogen) atoms. The Balaban J connectivity index is 5.03. The number of nitrogens with one attached hydrogen (secondary N) is 1. The van der Waals surface area contributed by atoms with Crippen LogP contribution in [0.25, 0.3) is 0 Å². The number of sulfone groups is 1. The van der Waals surface area contributed by atoms with Gasteiger partial charge in [0.15, 0.2) is 20.8 Å². The highest BCUT2D eigenvalue weighted by Crippen LogP contribution is 2.05. The Morgan fingerprint density at radius 2 is 1.82 bits per heavy atom. The predicted molar refractivity (Wildman–Crippen MR) is 63.8 cm³/mol. The van der Waals surface area contributed by atoms with Gasteiger partial charge in [0.25, 0.3) is 0 Å². The fourth-order valence-corrected chi connectivity index (χ4v) is 4.42. The lowest BCUT2D eigenvalue weighted by Crippen LogP contribution is -2.49. The fraction of sp³-hybridized carbons (Fsp3) is 0.857. The van der Waals surface area contributed by atoms with Crippen LogP contribution in [0.3, 0.4) is 0 Å². The van der Waals surface area contributed by atoms with E-state index in [-0.39, 0.29) is 11.8 Å².